The Bertz CT molecular complexity index is 469. The molecule has 0 heterocycles. The van der Waals surface area contributed by atoms with Gasteiger partial charge in [-0.3, -0.25) is 4.79 Å². The lowest BCUT2D eigenvalue weighted by Crippen LogP contribution is -2.28. The van der Waals surface area contributed by atoms with Crippen LogP contribution >= 0.6 is 0 Å². The Balaban J connectivity index is 2.72. The zero-order valence-corrected chi connectivity index (χ0v) is 12.1. The molecule has 1 atom stereocenters. The van der Waals surface area contributed by atoms with Crippen LogP contribution in [0.3, 0.4) is 0 Å². The molecule has 0 saturated heterocycles. The zero-order chi connectivity index (χ0) is 15.0. The van der Waals surface area contributed by atoms with Gasteiger partial charge in [0.15, 0.2) is 11.5 Å². The Kier molecular flexibility index (Phi) is 6.59. The quantitative estimate of drug-likeness (QED) is 0.744. The van der Waals surface area contributed by atoms with E-state index in [0.717, 1.165) is 5.56 Å². The van der Waals surface area contributed by atoms with E-state index in [1.165, 1.54) is 6.08 Å². The number of carbonyl (C=O) groups is 1. The van der Waals surface area contributed by atoms with Gasteiger partial charge in [-0.05, 0) is 37.6 Å². The van der Waals surface area contributed by atoms with Crippen LogP contribution in [0.2, 0.25) is 0 Å². The fourth-order valence-electron chi connectivity index (χ4n) is 1.54. The summed E-state index contributed by atoms with van der Waals surface area (Å²) in [7, 11) is 1.58. The van der Waals surface area contributed by atoms with Crippen molar-refractivity contribution in [1.29, 1.82) is 0 Å². The minimum absolute atomic E-state index is 0.232. The van der Waals surface area contributed by atoms with Crippen molar-refractivity contribution in [2.24, 2.45) is 0 Å². The molecule has 1 amide bonds. The molecule has 20 heavy (non-hydrogen) atoms. The molecule has 0 radical (unpaired) electrons. The Morgan fingerprint density at radius 1 is 1.45 bits per heavy atom. The van der Waals surface area contributed by atoms with Gasteiger partial charge in [-0.1, -0.05) is 6.07 Å². The maximum atomic E-state index is 11.5. The molecule has 1 aromatic rings. The highest BCUT2D eigenvalue weighted by atomic mass is 16.5. The molecular weight excluding hydrogens is 258 g/mol. The van der Waals surface area contributed by atoms with Crippen molar-refractivity contribution in [3.05, 3.63) is 29.8 Å². The number of hydrogen-bond acceptors (Lipinski definition) is 4. The first kappa shape index (κ1) is 16.0. The number of amides is 1. The number of benzene rings is 1. The summed E-state index contributed by atoms with van der Waals surface area (Å²) >= 11 is 0. The van der Waals surface area contributed by atoms with Crippen molar-refractivity contribution in [2.75, 3.05) is 20.3 Å². The maximum absolute atomic E-state index is 11.5. The fourth-order valence-corrected chi connectivity index (χ4v) is 1.54. The second kappa shape index (κ2) is 8.22. The van der Waals surface area contributed by atoms with E-state index >= 15 is 0 Å². The second-order valence-corrected chi connectivity index (χ2v) is 4.27. The van der Waals surface area contributed by atoms with Crippen LogP contribution in [0, 0.1) is 0 Å². The molecule has 0 saturated carbocycles. The molecule has 0 aliphatic heterocycles. The Hall–Kier alpha value is -2.01. The van der Waals surface area contributed by atoms with Crippen LogP contribution in [-0.4, -0.2) is 37.4 Å². The van der Waals surface area contributed by atoms with Crippen molar-refractivity contribution < 1.29 is 19.4 Å². The smallest absolute Gasteiger partial charge is 0.244 e. The van der Waals surface area contributed by atoms with Crippen molar-refractivity contribution >= 4 is 12.0 Å². The van der Waals surface area contributed by atoms with E-state index in [-0.39, 0.29) is 12.5 Å². The summed E-state index contributed by atoms with van der Waals surface area (Å²) in [6, 6.07) is 5.43. The van der Waals surface area contributed by atoms with E-state index in [0.29, 0.717) is 18.1 Å². The predicted molar refractivity (Wildman–Crippen MR) is 77.9 cm³/mol. The molecule has 0 aliphatic rings. The number of nitrogens with one attached hydrogen (secondary N) is 1. The normalized spacial score (nSPS) is 12.2. The van der Waals surface area contributed by atoms with Crippen molar-refractivity contribution in [3.8, 4) is 11.5 Å². The first-order valence-electron chi connectivity index (χ1n) is 6.51. The van der Waals surface area contributed by atoms with Gasteiger partial charge in [-0.2, -0.15) is 0 Å². The van der Waals surface area contributed by atoms with Gasteiger partial charge >= 0.3 is 0 Å². The summed E-state index contributed by atoms with van der Waals surface area (Å²) in [6.07, 6.45) is 2.54. The number of carbonyl (C=O) groups excluding carboxylic acids is 1. The van der Waals surface area contributed by atoms with E-state index < -0.39 is 6.10 Å². The highest BCUT2D eigenvalue weighted by molar-refractivity contribution is 5.91. The molecule has 1 aromatic carbocycles. The van der Waals surface area contributed by atoms with Gasteiger partial charge in [0, 0.05) is 12.6 Å². The topological polar surface area (TPSA) is 67.8 Å². The summed E-state index contributed by atoms with van der Waals surface area (Å²) in [6.45, 7) is 4.28. The molecule has 1 rings (SSSR count). The molecular formula is C15H21NO4. The molecule has 0 aromatic heterocycles. The standard InChI is InChI=1S/C15H21NO4/c1-4-20-14-9-12(5-7-13(14)19-3)6-8-15(18)16-10-11(2)17/h5-9,11,17H,4,10H2,1-3H3,(H,16,18)/b8-6+. The third-order valence-corrected chi connectivity index (χ3v) is 2.49. The van der Waals surface area contributed by atoms with Gasteiger partial charge < -0.3 is 19.9 Å². The summed E-state index contributed by atoms with van der Waals surface area (Å²) in [5.41, 5.74) is 0.835. The lowest BCUT2D eigenvalue weighted by atomic mass is 10.2. The van der Waals surface area contributed by atoms with E-state index in [2.05, 4.69) is 5.32 Å². The van der Waals surface area contributed by atoms with Gasteiger partial charge in [0.1, 0.15) is 0 Å². The number of aliphatic hydroxyl groups excluding tert-OH is 1. The highest BCUT2D eigenvalue weighted by Crippen LogP contribution is 2.28. The van der Waals surface area contributed by atoms with Crippen LogP contribution in [-0.2, 0) is 4.79 Å². The van der Waals surface area contributed by atoms with Crippen LogP contribution in [0.15, 0.2) is 24.3 Å². The summed E-state index contributed by atoms with van der Waals surface area (Å²) in [5.74, 6) is 1.05. The van der Waals surface area contributed by atoms with Crippen LogP contribution in [0.25, 0.3) is 6.08 Å². The molecule has 5 nitrogen and oxygen atoms in total. The monoisotopic (exact) mass is 279 g/mol. The minimum Gasteiger partial charge on any atom is -0.493 e. The fraction of sp³-hybridized carbons (Fsp3) is 0.400. The lowest BCUT2D eigenvalue weighted by Gasteiger charge is -2.09. The summed E-state index contributed by atoms with van der Waals surface area (Å²) in [5, 5.41) is 11.7. The molecule has 2 N–H and O–H groups in total. The van der Waals surface area contributed by atoms with Gasteiger partial charge in [-0.15, -0.1) is 0 Å². The van der Waals surface area contributed by atoms with Gasteiger partial charge in [-0.25, -0.2) is 0 Å². The Morgan fingerprint density at radius 2 is 2.20 bits per heavy atom. The largest absolute Gasteiger partial charge is 0.493 e. The Morgan fingerprint density at radius 3 is 2.80 bits per heavy atom. The highest BCUT2D eigenvalue weighted by Gasteiger charge is 2.04. The predicted octanol–water partition coefficient (Wildman–Crippen LogP) is 1.60. The van der Waals surface area contributed by atoms with Crippen LogP contribution in [0.5, 0.6) is 11.5 Å². The van der Waals surface area contributed by atoms with Gasteiger partial charge in [0.25, 0.3) is 0 Å². The minimum atomic E-state index is -0.558. The van der Waals surface area contributed by atoms with Crippen molar-refractivity contribution in [3.63, 3.8) is 0 Å². The molecule has 1 unspecified atom stereocenters. The molecule has 0 aliphatic carbocycles. The van der Waals surface area contributed by atoms with Crippen molar-refractivity contribution in [2.45, 2.75) is 20.0 Å². The molecule has 5 heteroatoms. The molecule has 0 spiro atoms. The van der Waals surface area contributed by atoms with E-state index in [4.69, 9.17) is 14.6 Å². The zero-order valence-electron chi connectivity index (χ0n) is 12.1. The summed E-state index contributed by atoms with van der Waals surface area (Å²) < 4.78 is 10.6. The van der Waals surface area contributed by atoms with E-state index in [9.17, 15) is 4.79 Å². The van der Waals surface area contributed by atoms with E-state index in [1.807, 2.05) is 13.0 Å². The average molecular weight is 279 g/mol. The number of rotatable bonds is 7. The maximum Gasteiger partial charge on any atom is 0.244 e. The van der Waals surface area contributed by atoms with Crippen LogP contribution in [0.1, 0.15) is 19.4 Å². The first-order valence-corrected chi connectivity index (χ1v) is 6.51. The van der Waals surface area contributed by atoms with Crippen LogP contribution < -0.4 is 14.8 Å². The van der Waals surface area contributed by atoms with E-state index in [1.54, 1.807) is 32.2 Å². The third kappa shape index (κ3) is 5.32. The second-order valence-electron chi connectivity index (χ2n) is 4.27. The van der Waals surface area contributed by atoms with Gasteiger partial charge in [0.2, 0.25) is 5.91 Å². The first-order chi connectivity index (χ1) is 9.56. The third-order valence-electron chi connectivity index (χ3n) is 2.49. The lowest BCUT2D eigenvalue weighted by molar-refractivity contribution is -0.116. The molecule has 110 valence electrons. The number of hydrogen-bond donors (Lipinski definition) is 2. The average Bonchev–Trinajstić information content (AvgIpc) is 2.43. The molecule has 0 bridgehead atoms. The Labute approximate surface area is 119 Å². The number of aliphatic hydroxyl groups is 1. The van der Waals surface area contributed by atoms with Crippen molar-refractivity contribution in [1.82, 2.24) is 5.32 Å². The SMILES string of the molecule is CCOc1cc(/C=C/C(=O)NCC(C)O)ccc1OC. The summed E-state index contributed by atoms with van der Waals surface area (Å²) in [4.78, 5) is 11.5. The van der Waals surface area contributed by atoms with Crippen LogP contribution in [0.4, 0.5) is 0 Å². The van der Waals surface area contributed by atoms with Gasteiger partial charge in [0.05, 0.1) is 19.8 Å². The number of methoxy groups -OCH3 is 1. The molecule has 0 fully saturated rings. The number of ether oxygens (including phenoxy) is 2.